The van der Waals surface area contributed by atoms with E-state index in [-0.39, 0.29) is 10.8 Å². The molecule has 0 aromatic carbocycles. The summed E-state index contributed by atoms with van der Waals surface area (Å²) >= 11 is 5.70. The fourth-order valence-electron chi connectivity index (χ4n) is 7.22. The molecule has 0 aromatic heterocycles. The molecule has 0 radical (unpaired) electrons. The Balaban J connectivity index is 1.62. The molecule has 0 aromatic rings. The number of carbonyl (C=O) groups is 1. The lowest BCUT2D eigenvalue weighted by molar-refractivity contribution is -0.128. The van der Waals surface area contributed by atoms with Gasteiger partial charge in [0.25, 0.3) is 0 Å². The molecule has 3 fully saturated rings. The Hall–Kier alpha value is -0.780. The van der Waals surface area contributed by atoms with Crippen molar-refractivity contribution < 1.29 is 9.90 Å². The second kappa shape index (κ2) is 6.39. The third-order valence-corrected chi connectivity index (χ3v) is 8.99. The van der Waals surface area contributed by atoms with Crippen LogP contribution in [0.4, 0.5) is 0 Å². The van der Waals surface area contributed by atoms with Gasteiger partial charge in [0.1, 0.15) is 0 Å². The molecular formula is C23H31ClO2. The molecule has 3 saturated carbocycles. The van der Waals surface area contributed by atoms with Crippen molar-refractivity contribution in [1.82, 2.24) is 0 Å². The van der Waals surface area contributed by atoms with E-state index in [4.69, 9.17) is 11.6 Å². The van der Waals surface area contributed by atoms with E-state index in [1.807, 2.05) is 6.08 Å². The maximum absolute atomic E-state index is 11.9. The van der Waals surface area contributed by atoms with E-state index in [2.05, 4.69) is 25.7 Å². The summed E-state index contributed by atoms with van der Waals surface area (Å²) in [5.41, 5.74) is 0.926. The first-order chi connectivity index (χ1) is 12.3. The number of allylic oxidation sites excluding steroid dienone is 1. The van der Waals surface area contributed by atoms with Gasteiger partial charge in [-0.15, -0.1) is 11.6 Å². The van der Waals surface area contributed by atoms with Gasteiger partial charge >= 0.3 is 0 Å². The van der Waals surface area contributed by atoms with Gasteiger partial charge in [-0.1, -0.05) is 31.3 Å². The zero-order valence-corrected chi connectivity index (χ0v) is 16.9. The Morgan fingerprint density at radius 3 is 2.65 bits per heavy atom. The average molecular weight is 375 g/mol. The summed E-state index contributed by atoms with van der Waals surface area (Å²) < 4.78 is 0. The highest BCUT2D eigenvalue weighted by Crippen LogP contribution is 2.67. The highest BCUT2D eigenvalue weighted by atomic mass is 35.5. The van der Waals surface area contributed by atoms with E-state index in [1.165, 1.54) is 18.4 Å². The number of fused-ring (bicyclic) bond motifs is 5. The first-order valence-corrected chi connectivity index (χ1v) is 10.9. The van der Waals surface area contributed by atoms with Crippen LogP contribution in [0.3, 0.4) is 0 Å². The van der Waals surface area contributed by atoms with E-state index in [0.29, 0.717) is 42.3 Å². The number of alkyl halides is 1. The van der Waals surface area contributed by atoms with Gasteiger partial charge < -0.3 is 5.11 Å². The summed E-state index contributed by atoms with van der Waals surface area (Å²) in [6, 6.07) is 0. The molecule has 0 heterocycles. The van der Waals surface area contributed by atoms with Crippen molar-refractivity contribution in [1.29, 1.82) is 0 Å². The van der Waals surface area contributed by atoms with Crippen LogP contribution in [0.5, 0.6) is 0 Å². The summed E-state index contributed by atoms with van der Waals surface area (Å²) in [7, 11) is 0. The predicted molar refractivity (Wildman–Crippen MR) is 105 cm³/mol. The second-order valence-electron chi connectivity index (χ2n) is 9.66. The molecular weight excluding hydrogens is 344 g/mol. The van der Waals surface area contributed by atoms with E-state index >= 15 is 0 Å². The van der Waals surface area contributed by atoms with Crippen molar-refractivity contribution in [2.45, 2.75) is 77.2 Å². The minimum Gasteiger partial charge on any atom is -0.388 e. The van der Waals surface area contributed by atoms with Crippen LogP contribution >= 0.6 is 11.6 Å². The lowest BCUT2D eigenvalue weighted by Gasteiger charge is -2.59. The average Bonchev–Trinajstić information content (AvgIpc) is 2.87. The normalized spacial score (nSPS) is 47.2. The van der Waals surface area contributed by atoms with E-state index < -0.39 is 5.60 Å². The van der Waals surface area contributed by atoms with Crippen molar-refractivity contribution in [3.63, 3.8) is 0 Å². The molecule has 142 valence electrons. The van der Waals surface area contributed by atoms with Gasteiger partial charge in [0.15, 0.2) is 5.78 Å². The quantitative estimate of drug-likeness (QED) is 0.524. The van der Waals surface area contributed by atoms with Crippen molar-refractivity contribution in [3.8, 4) is 11.8 Å². The summed E-state index contributed by atoms with van der Waals surface area (Å²) in [5, 5.41) is 11.5. The maximum Gasteiger partial charge on any atom is 0.155 e. The van der Waals surface area contributed by atoms with Crippen LogP contribution in [0.2, 0.25) is 0 Å². The number of rotatable bonds is 1. The Kier molecular flexibility index (Phi) is 4.56. The van der Waals surface area contributed by atoms with Gasteiger partial charge in [-0.3, -0.25) is 4.79 Å². The molecule has 2 nitrogen and oxygen atoms in total. The fourth-order valence-corrected chi connectivity index (χ4v) is 7.31. The third-order valence-electron chi connectivity index (χ3n) is 8.86. The zero-order valence-electron chi connectivity index (χ0n) is 16.1. The molecule has 4 rings (SSSR count). The largest absolute Gasteiger partial charge is 0.388 e. The molecule has 0 amide bonds. The van der Waals surface area contributed by atoms with Crippen LogP contribution in [0.15, 0.2) is 11.6 Å². The number of carbonyl (C=O) groups excluding carboxylic acids is 1. The van der Waals surface area contributed by atoms with Crippen molar-refractivity contribution in [3.05, 3.63) is 11.6 Å². The van der Waals surface area contributed by atoms with E-state index in [1.54, 1.807) is 0 Å². The van der Waals surface area contributed by atoms with Crippen LogP contribution in [0.25, 0.3) is 0 Å². The van der Waals surface area contributed by atoms with Crippen LogP contribution in [0, 0.1) is 40.4 Å². The first-order valence-electron chi connectivity index (χ1n) is 10.3. The topological polar surface area (TPSA) is 37.3 Å². The summed E-state index contributed by atoms with van der Waals surface area (Å²) in [5.74, 6) is 8.66. The van der Waals surface area contributed by atoms with Gasteiger partial charge in [0.2, 0.25) is 0 Å². The molecule has 0 saturated heterocycles. The second-order valence-corrected chi connectivity index (χ2v) is 9.93. The zero-order chi connectivity index (χ0) is 18.6. The molecule has 4 aliphatic rings. The minimum absolute atomic E-state index is 0.0305. The van der Waals surface area contributed by atoms with Crippen LogP contribution < -0.4 is 0 Å². The van der Waals surface area contributed by atoms with Crippen LogP contribution in [-0.4, -0.2) is 22.4 Å². The number of hydrogen-bond acceptors (Lipinski definition) is 2. The summed E-state index contributed by atoms with van der Waals surface area (Å²) in [6.07, 6.45) is 10.7. The molecule has 6 atom stereocenters. The van der Waals surface area contributed by atoms with Crippen LogP contribution in [0.1, 0.15) is 71.6 Å². The summed E-state index contributed by atoms with van der Waals surface area (Å²) in [6.45, 7) is 4.74. The van der Waals surface area contributed by atoms with Crippen molar-refractivity contribution in [2.24, 2.45) is 28.6 Å². The number of halogens is 1. The van der Waals surface area contributed by atoms with Crippen LogP contribution in [-0.2, 0) is 4.79 Å². The number of aliphatic hydroxyl groups is 1. The highest BCUT2D eigenvalue weighted by molar-refractivity contribution is 6.19. The lowest BCUT2D eigenvalue weighted by atomic mass is 9.46. The van der Waals surface area contributed by atoms with E-state index in [9.17, 15) is 9.90 Å². The molecule has 0 bridgehead atoms. The summed E-state index contributed by atoms with van der Waals surface area (Å²) in [4.78, 5) is 11.9. The molecule has 0 spiro atoms. The van der Waals surface area contributed by atoms with Gasteiger partial charge in [-0.05, 0) is 74.2 Å². The lowest BCUT2D eigenvalue weighted by Crippen LogP contribution is -2.54. The smallest absolute Gasteiger partial charge is 0.155 e. The number of hydrogen-bond donors (Lipinski definition) is 1. The Morgan fingerprint density at radius 1 is 1.12 bits per heavy atom. The fraction of sp³-hybridized carbons (Fsp3) is 0.783. The minimum atomic E-state index is -0.665. The monoisotopic (exact) mass is 374 g/mol. The number of ketones is 1. The Labute approximate surface area is 162 Å². The molecule has 1 unspecified atom stereocenters. The van der Waals surface area contributed by atoms with Gasteiger partial charge in [-0.25, -0.2) is 0 Å². The maximum atomic E-state index is 11.9. The molecule has 0 aliphatic heterocycles. The molecule has 4 aliphatic carbocycles. The standard InChI is InChI=1S/C23H31ClO2/c1-21-11-7-17(25)15-16(21)5-6-18-19(21)8-12-22(2)20(18)9-13-23(22,26)10-3-4-14-24/h15,18-20,26H,5-14H2,1-2H3/t18-,19-,20+,21+,22+,23?/m1/s1. The Morgan fingerprint density at radius 2 is 1.88 bits per heavy atom. The van der Waals surface area contributed by atoms with Crippen molar-refractivity contribution >= 4 is 17.4 Å². The van der Waals surface area contributed by atoms with E-state index in [0.717, 1.165) is 32.1 Å². The van der Waals surface area contributed by atoms with Crippen molar-refractivity contribution in [2.75, 3.05) is 5.88 Å². The Bertz CT molecular complexity index is 701. The van der Waals surface area contributed by atoms with Gasteiger partial charge in [-0.2, -0.15) is 0 Å². The SMILES string of the molecule is C[C@]12CCC(=O)C=C1CC[C@@H]1[C@H]2CC[C@@]2(C)[C@H]1CCC2(O)CC#CCCl. The first kappa shape index (κ1) is 18.6. The van der Waals surface area contributed by atoms with Gasteiger partial charge in [0, 0.05) is 18.3 Å². The molecule has 1 N–H and O–H groups in total. The molecule has 3 heteroatoms. The third kappa shape index (κ3) is 2.54. The highest BCUT2D eigenvalue weighted by Gasteiger charge is 2.63. The van der Waals surface area contributed by atoms with Gasteiger partial charge in [0.05, 0.1) is 11.5 Å². The predicted octanol–water partition coefficient (Wildman–Crippen LogP) is 4.88. The molecule has 26 heavy (non-hydrogen) atoms.